The van der Waals surface area contributed by atoms with Crippen molar-refractivity contribution in [3.63, 3.8) is 0 Å². The zero-order valence-corrected chi connectivity index (χ0v) is 8.86. The second-order valence-corrected chi connectivity index (χ2v) is 3.37. The van der Waals surface area contributed by atoms with E-state index in [-0.39, 0.29) is 22.7 Å². The summed E-state index contributed by atoms with van der Waals surface area (Å²) < 4.78 is 0. The van der Waals surface area contributed by atoms with E-state index in [0.717, 1.165) is 11.3 Å². The van der Waals surface area contributed by atoms with Crippen LogP contribution in [0.3, 0.4) is 0 Å². The van der Waals surface area contributed by atoms with E-state index in [4.69, 9.17) is 22.9 Å². The van der Waals surface area contributed by atoms with Crippen LogP contribution in [0.25, 0.3) is 0 Å². The van der Waals surface area contributed by atoms with Crippen molar-refractivity contribution >= 4 is 34.3 Å². The minimum absolute atomic E-state index is 0.120. The van der Waals surface area contributed by atoms with Crippen molar-refractivity contribution in [2.45, 2.75) is 0 Å². The lowest BCUT2D eigenvalue weighted by molar-refractivity contribution is 0.0950. The van der Waals surface area contributed by atoms with Gasteiger partial charge in [0.25, 0.3) is 5.91 Å². The molecule has 0 saturated heterocycles. The van der Waals surface area contributed by atoms with Crippen LogP contribution in [0, 0.1) is 0 Å². The molecule has 0 saturated carbocycles. The molecule has 0 spiro atoms. The number of thiazole rings is 1. The molecular formula is C6H10N8OS. The van der Waals surface area contributed by atoms with Gasteiger partial charge in [-0.2, -0.15) is 4.99 Å². The molecule has 0 aliphatic rings. The molecule has 1 amide bonds. The predicted molar refractivity (Wildman–Crippen MR) is 60.9 cm³/mol. The molecule has 0 bridgehead atoms. The molecule has 10 heteroatoms. The van der Waals surface area contributed by atoms with E-state index in [1.165, 1.54) is 5.38 Å². The summed E-state index contributed by atoms with van der Waals surface area (Å²) in [6.45, 7) is 0. The summed E-state index contributed by atoms with van der Waals surface area (Å²) in [4.78, 5) is 18.9. The topological polar surface area (TPSA) is 171 Å². The van der Waals surface area contributed by atoms with Crippen LogP contribution in [0.1, 0.15) is 10.5 Å². The molecule has 1 aromatic rings. The van der Waals surface area contributed by atoms with Gasteiger partial charge in [-0.15, -0.1) is 16.4 Å². The summed E-state index contributed by atoms with van der Waals surface area (Å²) in [5, 5.41) is 5.07. The fourth-order valence-electron chi connectivity index (χ4n) is 0.703. The molecule has 1 aromatic heterocycles. The number of nitrogens with two attached hydrogens (primary N) is 4. The second kappa shape index (κ2) is 4.93. The predicted octanol–water partition coefficient (Wildman–Crippen LogP) is -2.03. The standard InChI is InChI=1S/C6H10N8OS/c7-4(8)12-6-11-2(1-16-6)3(15)13-14-5(9)10/h1H,(H,13,15)(H4,9,10,14)(H4,7,8,11,12). The monoisotopic (exact) mass is 242 g/mol. The molecule has 1 rings (SSSR count). The summed E-state index contributed by atoms with van der Waals surface area (Å²) >= 11 is 1.11. The molecule has 86 valence electrons. The molecule has 0 aliphatic heterocycles. The first-order valence-electron chi connectivity index (χ1n) is 3.93. The Kier molecular flexibility index (Phi) is 3.61. The summed E-state index contributed by atoms with van der Waals surface area (Å²) in [5.74, 6) is -0.944. The normalized spacial score (nSPS) is 9.25. The van der Waals surface area contributed by atoms with Crippen molar-refractivity contribution in [1.29, 1.82) is 0 Å². The van der Waals surface area contributed by atoms with Gasteiger partial charge in [0.05, 0.1) is 0 Å². The van der Waals surface area contributed by atoms with E-state index < -0.39 is 5.91 Å². The van der Waals surface area contributed by atoms with Gasteiger partial charge in [-0.1, -0.05) is 0 Å². The second-order valence-electron chi connectivity index (χ2n) is 2.53. The first-order valence-corrected chi connectivity index (χ1v) is 4.81. The summed E-state index contributed by atoms with van der Waals surface area (Å²) in [6.07, 6.45) is 0. The smallest absolute Gasteiger partial charge is 0.291 e. The first-order chi connectivity index (χ1) is 7.49. The number of aliphatic imine (C=N–C) groups is 1. The van der Waals surface area contributed by atoms with Gasteiger partial charge in [0.2, 0.25) is 11.1 Å². The molecular weight excluding hydrogens is 232 g/mol. The zero-order valence-electron chi connectivity index (χ0n) is 8.04. The number of aromatic nitrogens is 1. The van der Waals surface area contributed by atoms with Gasteiger partial charge in [-0.3, -0.25) is 4.79 Å². The highest BCUT2D eigenvalue weighted by Gasteiger charge is 2.09. The highest BCUT2D eigenvalue weighted by molar-refractivity contribution is 7.13. The average molecular weight is 242 g/mol. The number of carbonyl (C=O) groups is 1. The zero-order chi connectivity index (χ0) is 12.1. The fraction of sp³-hybridized carbons (Fsp3) is 0. The van der Waals surface area contributed by atoms with Gasteiger partial charge < -0.3 is 22.9 Å². The fourth-order valence-corrected chi connectivity index (χ4v) is 1.39. The van der Waals surface area contributed by atoms with Crippen LogP contribution in [0.15, 0.2) is 15.5 Å². The van der Waals surface area contributed by atoms with Crippen molar-refractivity contribution in [3.8, 4) is 0 Å². The van der Waals surface area contributed by atoms with E-state index in [0.29, 0.717) is 0 Å². The maximum Gasteiger partial charge on any atom is 0.291 e. The number of hydrogen-bond acceptors (Lipinski definition) is 5. The third-order valence-corrected chi connectivity index (χ3v) is 1.97. The van der Waals surface area contributed by atoms with E-state index in [2.05, 4.69) is 20.5 Å². The van der Waals surface area contributed by atoms with Crippen molar-refractivity contribution in [3.05, 3.63) is 11.1 Å². The quantitative estimate of drug-likeness (QED) is 0.232. The van der Waals surface area contributed by atoms with Gasteiger partial charge in [0.1, 0.15) is 5.69 Å². The van der Waals surface area contributed by atoms with E-state index >= 15 is 0 Å². The lowest BCUT2D eigenvalue weighted by Crippen LogP contribution is -2.29. The van der Waals surface area contributed by atoms with Crippen LogP contribution in [0.5, 0.6) is 0 Å². The number of amides is 1. The Balaban J connectivity index is 2.75. The van der Waals surface area contributed by atoms with Crippen LogP contribution in [-0.2, 0) is 0 Å². The van der Waals surface area contributed by atoms with Crippen molar-refractivity contribution in [2.75, 3.05) is 0 Å². The Morgan fingerprint density at radius 2 is 2.00 bits per heavy atom. The molecule has 16 heavy (non-hydrogen) atoms. The largest absolute Gasteiger partial charge is 0.370 e. The van der Waals surface area contributed by atoms with Crippen molar-refractivity contribution < 1.29 is 4.79 Å². The minimum atomic E-state index is -0.554. The highest BCUT2D eigenvalue weighted by Crippen LogP contribution is 2.18. The molecule has 1 heterocycles. The highest BCUT2D eigenvalue weighted by atomic mass is 32.1. The summed E-state index contributed by atoms with van der Waals surface area (Å²) in [5.41, 5.74) is 22.6. The Hall–Kier alpha value is -2.36. The summed E-state index contributed by atoms with van der Waals surface area (Å²) in [6, 6.07) is 0. The number of hydrogen-bond donors (Lipinski definition) is 5. The molecule has 0 aromatic carbocycles. The van der Waals surface area contributed by atoms with Crippen LogP contribution in [-0.4, -0.2) is 22.8 Å². The number of hydrazone groups is 1. The SMILES string of the molecule is NC(N)=NNC(=O)c1csc(N=C(N)N)n1. The molecule has 0 atom stereocenters. The number of nitrogens with one attached hydrogen (secondary N) is 1. The molecule has 0 radical (unpaired) electrons. The first kappa shape index (κ1) is 11.7. The molecule has 0 aliphatic carbocycles. The van der Waals surface area contributed by atoms with Crippen LogP contribution < -0.4 is 28.4 Å². The lowest BCUT2D eigenvalue weighted by Gasteiger charge is -1.94. The van der Waals surface area contributed by atoms with Gasteiger partial charge in [0, 0.05) is 5.38 Å². The van der Waals surface area contributed by atoms with Crippen molar-refractivity contribution in [2.24, 2.45) is 33.0 Å². The van der Waals surface area contributed by atoms with E-state index in [1.54, 1.807) is 0 Å². The Morgan fingerprint density at radius 3 is 2.56 bits per heavy atom. The van der Waals surface area contributed by atoms with Gasteiger partial charge in [-0.05, 0) is 0 Å². The Labute approximate surface area is 94.2 Å². The average Bonchev–Trinajstić information content (AvgIpc) is 2.61. The number of carbonyl (C=O) groups excluding carboxylic acids is 1. The number of guanidine groups is 2. The van der Waals surface area contributed by atoms with E-state index in [1.807, 2.05) is 0 Å². The number of rotatable bonds is 3. The Morgan fingerprint density at radius 1 is 1.31 bits per heavy atom. The van der Waals surface area contributed by atoms with Crippen LogP contribution >= 0.6 is 11.3 Å². The Bertz CT molecular complexity index is 441. The lowest BCUT2D eigenvalue weighted by atomic mass is 10.5. The maximum atomic E-state index is 11.4. The van der Waals surface area contributed by atoms with Crippen LogP contribution in [0.4, 0.5) is 5.13 Å². The third-order valence-electron chi connectivity index (χ3n) is 1.24. The summed E-state index contributed by atoms with van der Waals surface area (Å²) in [7, 11) is 0. The molecule has 9 N–H and O–H groups in total. The van der Waals surface area contributed by atoms with Gasteiger partial charge in [0.15, 0.2) is 5.96 Å². The van der Waals surface area contributed by atoms with E-state index in [9.17, 15) is 4.79 Å². The third kappa shape index (κ3) is 3.42. The van der Waals surface area contributed by atoms with Gasteiger partial charge >= 0.3 is 0 Å². The molecule has 9 nitrogen and oxygen atoms in total. The van der Waals surface area contributed by atoms with Crippen molar-refractivity contribution in [1.82, 2.24) is 10.4 Å². The van der Waals surface area contributed by atoms with Gasteiger partial charge in [-0.25, -0.2) is 10.4 Å². The number of nitrogens with zero attached hydrogens (tertiary/aromatic N) is 3. The van der Waals surface area contributed by atoms with Crippen LogP contribution in [0.2, 0.25) is 0 Å². The maximum absolute atomic E-state index is 11.4. The molecule has 0 unspecified atom stereocenters. The minimum Gasteiger partial charge on any atom is -0.370 e. The molecule has 0 fully saturated rings.